The van der Waals surface area contributed by atoms with E-state index in [2.05, 4.69) is 93.3 Å². The summed E-state index contributed by atoms with van der Waals surface area (Å²) >= 11 is 0. The minimum Gasteiger partial charge on any atom is -1.00 e. The van der Waals surface area contributed by atoms with Crippen molar-refractivity contribution in [1.29, 1.82) is 0 Å². The number of nitrogens with one attached hydrogen (secondary N) is 1. The molecule has 0 amide bonds. The van der Waals surface area contributed by atoms with E-state index in [0.29, 0.717) is 5.92 Å². The Morgan fingerprint density at radius 2 is 1.69 bits per heavy atom. The van der Waals surface area contributed by atoms with Crippen LogP contribution in [0.15, 0.2) is 78.9 Å². The Morgan fingerprint density at radius 3 is 2.47 bits per heavy atom. The standard InChI is InChI=1S/C27H25N3O.HI/c1-31-21-13-11-20(12-14-21)30-17-24(19-7-3-2-4-8-19)27-26-23(15-16-29(27)18-30)22-9-5-6-10-25(22)28-26;/h2-14,24H,15-18H2,1H3;1H. The smallest absolute Gasteiger partial charge is 0.219 e. The summed E-state index contributed by atoms with van der Waals surface area (Å²) in [5, 5.41) is 1.37. The Morgan fingerprint density at radius 1 is 0.938 bits per heavy atom. The number of anilines is 1. The molecule has 3 aromatic carbocycles. The topological polar surface area (TPSA) is 31.3 Å². The molecule has 2 aliphatic rings. The molecule has 0 saturated carbocycles. The number of nitrogens with zero attached hydrogens (tertiary/aromatic N) is 2. The van der Waals surface area contributed by atoms with E-state index in [9.17, 15) is 0 Å². The molecule has 32 heavy (non-hydrogen) atoms. The molecule has 162 valence electrons. The van der Waals surface area contributed by atoms with Gasteiger partial charge in [-0.3, -0.25) is 0 Å². The van der Waals surface area contributed by atoms with E-state index >= 15 is 0 Å². The average Bonchev–Trinajstić information content (AvgIpc) is 3.23. The highest BCUT2D eigenvalue weighted by Gasteiger charge is 2.41. The van der Waals surface area contributed by atoms with E-state index in [-0.39, 0.29) is 24.0 Å². The maximum absolute atomic E-state index is 5.36. The Balaban J connectivity index is 0.00000216. The highest BCUT2D eigenvalue weighted by atomic mass is 127. The second-order valence-electron chi connectivity index (χ2n) is 8.45. The SMILES string of the molecule is COc1ccc(N2CC(c3ccccc3)C3=[N+](CCc4c3[nH]c3ccccc43)C2)cc1.[I-]. The number of H-pyrrole nitrogens is 1. The summed E-state index contributed by atoms with van der Waals surface area (Å²) in [6, 6.07) is 28.1. The van der Waals surface area contributed by atoms with Crippen LogP contribution in [-0.4, -0.2) is 42.1 Å². The third kappa shape index (κ3) is 3.48. The minimum absolute atomic E-state index is 0. The molecular formula is C27H26IN3O. The lowest BCUT2D eigenvalue weighted by Crippen LogP contribution is -3.00. The molecule has 0 spiro atoms. The number of aromatic nitrogens is 1. The maximum Gasteiger partial charge on any atom is 0.219 e. The zero-order chi connectivity index (χ0) is 20.8. The van der Waals surface area contributed by atoms with Gasteiger partial charge in [-0.15, -0.1) is 0 Å². The zero-order valence-electron chi connectivity index (χ0n) is 18.1. The van der Waals surface area contributed by atoms with Crippen LogP contribution in [0.4, 0.5) is 5.69 Å². The quantitative estimate of drug-likeness (QED) is 0.321. The highest BCUT2D eigenvalue weighted by molar-refractivity contribution is 6.07. The zero-order valence-corrected chi connectivity index (χ0v) is 20.2. The fourth-order valence-corrected chi connectivity index (χ4v) is 5.24. The third-order valence-electron chi connectivity index (χ3n) is 6.76. The Kier molecular flexibility index (Phi) is 5.67. The van der Waals surface area contributed by atoms with Crippen LogP contribution in [0.3, 0.4) is 0 Å². The average molecular weight is 535 g/mol. The molecule has 1 atom stereocenters. The molecule has 6 rings (SSSR count). The molecule has 0 aliphatic carbocycles. The second-order valence-corrected chi connectivity index (χ2v) is 8.45. The monoisotopic (exact) mass is 535 g/mol. The summed E-state index contributed by atoms with van der Waals surface area (Å²) in [6.45, 7) is 2.90. The van der Waals surface area contributed by atoms with E-state index in [1.54, 1.807) is 7.11 Å². The fourth-order valence-electron chi connectivity index (χ4n) is 5.24. The number of fused-ring (bicyclic) bond motifs is 4. The van der Waals surface area contributed by atoms with Gasteiger partial charge in [0.1, 0.15) is 18.0 Å². The number of methoxy groups -OCH3 is 1. The van der Waals surface area contributed by atoms with Crippen molar-refractivity contribution >= 4 is 22.3 Å². The lowest BCUT2D eigenvalue weighted by Gasteiger charge is -2.35. The van der Waals surface area contributed by atoms with Gasteiger partial charge in [0.15, 0.2) is 0 Å². The van der Waals surface area contributed by atoms with Gasteiger partial charge in [0.05, 0.1) is 13.0 Å². The number of ether oxygens (including phenoxy) is 1. The minimum atomic E-state index is 0. The molecule has 4 aromatic rings. The third-order valence-corrected chi connectivity index (χ3v) is 6.76. The predicted octanol–water partition coefficient (Wildman–Crippen LogP) is 1.80. The van der Waals surface area contributed by atoms with Crippen LogP contribution in [-0.2, 0) is 6.42 Å². The lowest BCUT2D eigenvalue weighted by molar-refractivity contribution is -0.532. The summed E-state index contributed by atoms with van der Waals surface area (Å²) in [6.07, 6.45) is 1.07. The Bertz CT molecular complexity index is 1280. The van der Waals surface area contributed by atoms with Gasteiger partial charge >= 0.3 is 0 Å². The van der Waals surface area contributed by atoms with Gasteiger partial charge in [0.2, 0.25) is 12.4 Å². The van der Waals surface area contributed by atoms with Crippen LogP contribution < -0.4 is 33.6 Å². The number of benzene rings is 3. The van der Waals surface area contributed by atoms with Gasteiger partial charge in [-0.1, -0.05) is 48.5 Å². The molecule has 3 heterocycles. The Hall–Kier alpha value is -2.80. The summed E-state index contributed by atoms with van der Waals surface area (Å²) < 4.78 is 7.94. The summed E-state index contributed by atoms with van der Waals surface area (Å²) in [5.41, 5.74) is 8.09. The van der Waals surface area contributed by atoms with E-state index in [1.807, 2.05) is 0 Å². The number of para-hydroxylation sites is 1. The molecule has 2 aliphatic heterocycles. The molecule has 1 unspecified atom stereocenters. The van der Waals surface area contributed by atoms with Crippen LogP contribution in [0.5, 0.6) is 5.75 Å². The molecule has 0 saturated heterocycles. The van der Waals surface area contributed by atoms with E-state index in [4.69, 9.17) is 4.74 Å². The molecule has 1 aromatic heterocycles. The van der Waals surface area contributed by atoms with Crippen molar-refractivity contribution in [3.8, 4) is 5.75 Å². The van der Waals surface area contributed by atoms with Gasteiger partial charge in [-0.2, -0.15) is 0 Å². The van der Waals surface area contributed by atoms with Crippen molar-refractivity contribution in [2.24, 2.45) is 0 Å². The molecule has 5 heteroatoms. The fraction of sp³-hybridized carbons (Fsp3) is 0.222. The van der Waals surface area contributed by atoms with Crippen molar-refractivity contribution in [2.75, 3.05) is 31.8 Å². The van der Waals surface area contributed by atoms with Crippen molar-refractivity contribution in [1.82, 2.24) is 4.98 Å². The number of rotatable bonds is 3. The number of aromatic amines is 1. The Labute approximate surface area is 205 Å². The maximum atomic E-state index is 5.36. The van der Waals surface area contributed by atoms with Crippen molar-refractivity contribution < 1.29 is 33.3 Å². The van der Waals surface area contributed by atoms with Crippen LogP contribution in [0.2, 0.25) is 0 Å². The summed E-state index contributed by atoms with van der Waals surface area (Å²) in [7, 11) is 1.72. The lowest BCUT2D eigenvalue weighted by atomic mass is 9.86. The van der Waals surface area contributed by atoms with Crippen molar-refractivity contribution in [2.45, 2.75) is 12.3 Å². The molecule has 0 radical (unpaired) electrons. The number of hydrogen-bond donors (Lipinski definition) is 1. The van der Waals surface area contributed by atoms with Crippen LogP contribution in [0.25, 0.3) is 10.9 Å². The molecule has 1 N–H and O–H groups in total. The molecule has 0 fully saturated rings. The normalized spacial score (nSPS) is 17.5. The highest BCUT2D eigenvalue weighted by Crippen LogP contribution is 2.35. The van der Waals surface area contributed by atoms with Gasteiger partial charge in [-0.05, 0) is 41.5 Å². The molecular weight excluding hydrogens is 509 g/mol. The number of hydrogen-bond acceptors (Lipinski definition) is 2. The van der Waals surface area contributed by atoms with Crippen molar-refractivity contribution in [3.05, 3.63) is 95.7 Å². The van der Waals surface area contributed by atoms with Crippen LogP contribution >= 0.6 is 0 Å². The predicted molar refractivity (Wildman–Crippen MR) is 126 cm³/mol. The summed E-state index contributed by atoms with van der Waals surface area (Å²) in [4.78, 5) is 6.27. The first-order valence-electron chi connectivity index (χ1n) is 11.0. The first-order chi connectivity index (χ1) is 15.3. The first-order valence-corrected chi connectivity index (χ1v) is 11.0. The van der Waals surface area contributed by atoms with Crippen LogP contribution in [0, 0.1) is 0 Å². The number of halogens is 1. The van der Waals surface area contributed by atoms with Crippen LogP contribution in [0.1, 0.15) is 22.7 Å². The van der Waals surface area contributed by atoms with E-state index in [0.717, 1.165) is 31.9 Å². The van der Waals surface area contributed by atoms with E-state index < -0.39 is 0 Å². The molecule has 4 nitrogen and oxygen atoms in total. The molecule has 0 bridgehead atoms. The van der Waals surface area contributed by atoms with Gasteiger partial charge in [-0.25, -0.2) is 4.58 Å². The first kappa shape index (κ1) is 21.1. The van der Waals surface area contributed by atoms with Gasteiger partial charge in [0, 0.05) is 29.6 Å². The second kappa shape index (κ2) is 8.62. The van der Waals surface area contributed by atoms with E-state index in [1.165, 1.54) is 39.1 Å². The summed E-state index contributed by atoms with van der Waals surface area (Å²) in [5.74, 6) is 1.21. The van der Waals surface area contributed by atoms with Gasteiger partial charge < -0.3 is 38.6 Å². The van der Waals surface area contributed by atoms with Gasteiger partial charge in [0.25, 0.3) is 0 Å². The van der Waals surface area contributed by atoms with Crippen molar-refractivity contribution in [3.63, 3.8) is 0 Å². The largest absolute Gasteiger partial charge is 1.00 e.